The topological polar surface area (TPSA) is 68.0 Å². The van der Waals surface area contributed by atoms with Crippen molar-refractivity contribution in [1.82, 2.24) is 10.3 Å². The number of hydrogen-bond acceptors (Lipinski definition) is 3. The minimum Gasteiger partial charge on any atom is -0.383 e. The average Bonchev–Trinajstić information content (AvgIpc) is 2.31. The number of nitrogens with zero attached hydrogens (tertiary/aromatic N) is 1. The second-order valence-electron chi connectivity index (χ2n) is 6.02. The third-order valence-electron chi connectivity index (χ3n) is 3.67. The van der Waals surface area contributed by atoms with E-state index in [1.54, 1.807) is 0 Å². The van der Waals surface area contributed by atoms with Gasteiger partial charge < -0.3 is 11.1 Å². The average molecular weight is 265 g/mol. The first-order valence-corrected chi connectivity index (χ1v) is 6.59. The van der Waals surface area contributed by atoms with Gasteiger partial charge in [0.05, 0.1) is 11.8 Å². The molecule has 1 saturated carbocycles. The van der Waals surface area contributed by atoms with Crippen molar-refractivity contribution in [3.63, 3.8) is 0 Å². The molecule has 5 heteroatoms. The molecule has 1 amide bonds. The summed E-state index contributed by atoms with van der Waals surface area (Å²) in [6.45, 7) is 4.40. The third-order valence-corrected chi connectivity index (χ3v) is 3.67. The third kappa shape index (κ3) is 3.43. The lowest BCUT2D eigenvalue weighted by Gasteiger charge is -2.35. The highest BCUT2D eigenvalue weighted by atomic mass is 19.1. The highest BCUT2D eigenvalue weighted by molar-refractivity contribution is 5.98. The fourth-order valence-electron chi connectivity index (χ4n) is 2.72. The molecule has 0 bridgehead atoms. The molecule has 0 aromatic carbocycles. The standard InChI is InChI=1S/C14H20FN3O/c1-14(2)5-3-4-10(7-14)18-13(19)11-6-9(15)8-17-12(11)16/h6,8,10H,3-5,7H2,1-2H3,(H2,16,17)(H,18,19). The maximum atomic E-state index is 13.1. The van der Waals surface area contributed by atoms with E-state index in [0.717, 1.165) is 31.5 Å². The maximum absolute atomic E-state index is 13.1. The van der Waals surface area contributed by atoms with E-state index in [9.17, 15) is 9.18 Å². The van der Waals surface area contributed by atoms with Crippen molar-refractivity contribution in [2.45, 2.75) is 45.6 Å². The van der Waals surface area contributed by atoms with Gasteiger partial charge in [-0.05, 0) is 30.7 Å². The Morgan fingerprint density at radius 1 is 1.58 bits per heavy atom. The molecule has 3 N–H and O–H groups in total. The second kappa shape index (κ2) is 5.15. The molecule has 0 saturated heterocycles. The summed E-state index contributed by atoms with van der Waals surface area (Å²) in [7, 11) is 0. The monoisotopic (exact) mass is 265 g/mol. The lowest BCUT2D eigenvalue weighted by molar-refractivity contribution is 0.0902. The van der Waals surface area contributed by atoms with Gasteiger partial charge in [-0.15, -0.1) is 0 Å². The fourth-order valence-corrected chi connectivity index (χ4v) is 2.72. The van der Waals surface area contributed by atoms with Gasteiger partial charge in [0.15, 0.2) is 0 Å². The summed E-state index contributed by atoms with van der Waals surface area (Å²) < 4.78 is 13.1. The molecule has 0 aliphatic heterocycles. The van der Waals surface area contributed by atoms with Crippen LogP contribution in [0.15, 0.2) is 12.3 Å². The van der Waals surface area contributed by atoms with Crippen LogP contribution in [0.3, 0.4) is 0 Å². The molecule has 19 heavy (non-hydrogen) atoms. The number of amides is 1. The first-order valence-electron chi connectivity index (χ1n) is 6.59. The summed E-state index contributed by atoms with van der Waals surface area (Å²) in [6.07, 6.45) is 5.16. The summed E-state index contributed by atoms with van der Waals surface area (Å²) in [5.74, 6) is -0.829. The predicted octanol–water partition coefficient (Wildman–Crippen LogP) is 2.50. The van der Waals surface area contributed by atoms with Gasteiger partial charge in [0.1, 0.15) is 11.6 Å². The van der Waals surface area contributed by atoms with Crippen LogP contribution < -0.4 is 11.1 Å². The molecular formula is C14H20FN3O. The van der Waals surface area contributed by atoms with Crippen molar-refractivity contribution in [3.8, 4) is 0 Å². The number of hydrogen-bond donors (Lipinski definition) is 2. The van der Waals surface area contributed by atoms with Crippen LogP contribution in [0.2, 0.25) is 0 Å². The number of nitrogens with one attached hydrogen (secondary N) is 1. The molecule has 1 aromatic rings. The zero-order valence-electron chi connectivity index (χ0n) is 11.4. The van der Waals surface area contributed by atoms with Crippen LogP contribution in [-0.2, 0) is 0 Å². The summed E-state index contributed by atoms with van der Waals surface area (Å²) >= 11 is 0. The molecule has 1 aromatic heterocycles. The maximum Gasteiger partial charge on any atom is 0.255 e. The summed E-state index contributed by atoms with van der Waals surface area (Å²) in [5, 5.41) is 2.93. The van der Waals surface area contributed by atoms with Crippen LogP contribution in [0.5, 0.6) is 0 Å². The van der Waals surface area contributed by atoms with Crippen LogP contribution in [0.25, 0.3) is 0 Å². The zero-order valence-corrected chi connectivity index (χ0v) is 11.4. The first-order chi connectivity index (χ1) is 8.87. The van der Waals surface area contributed by atoms with Crippen molar-refractivity contribution in [2.75, 3.05) is 5.73 Å². The minimum atomic E-state index is -0.552. The van der Waals surface area contributed by atoms with Gasteiger partial charge in [-0.25, -0.2) is 9.37 Å². The highest BCUT2D eigenvalue weighted by Gasteiger charge is 2.29. The van der Waals surface area contributed by atoms with E-state index >= 15 is 0 Å². The molecule has 104 valence electrons. The Kier molecular flexibility index (Phi) is 3.73. The smallest absolute Gasteiger partial charge is 0.255 e. The molecular weight excluding hydrogens is 245 g/mol. The summed E-state index contributed by atoms with van der Waals surface area (Å²) in [6, 6.07) is 1.25. The molecule has 1 fully saturated rings. The summed E-state index contributed by atoms with van der Waals surface area (Å²) in [4.78, 5) is 15.8. The Balaban J connectivity index is 2.06. The Bertz CT molecular complexity index is 488. The fraction of sp³-hybridized carbons (Fsp3) is 0.571. The molecule has 1 heterocycles. The van der Waals surface area contributed by atoms with Gasteiger partial charge in [-0.1, -0.05) is 20.3 Å². The van der Waals surface area contributed by atoms with E-state index in [4.69, 9.17) is 5.73 Å². The van der Waals surface area contributed by atoms with Gasteiger partial charge in [0.25, 0.3) is 5.91 Å². The first kappa shape index (κ1) is 13.8. The van der Waals surface area contributed by atoms with Crippen LogP contribution in [0, 0.1) is 11.2 Å². The molecule has 1 aliphatic carbocycles. The predicted molar refractivity (Wildman–Crippen MR) is 72.1 cm³/mol. The molecule has 1 unspecified atom stereocenters. The van der Waals surface area contributed by atoms with E-state index in [1.165, 1.54) is 6.42 Å². The zero-order chi connectivity index (χ0) is 14.0. The normalized spacial score (nSPS) is 21.9. The van der Waals surface area contributed by atoms with E-state index in [0.29, 0.717) is 0 Å². The highest BCUT2D eigenvalue weighted by Crippen LogP contribution is 2.35. The number of aromatic nitrogens is 1. The van der Waals surface area contributed by atoms with Crippen molar-refractivity contribution >= 4 is 11.7 Å². The second-order valence-corrected chi connectivity index (χ2v) is 6.02. The van der Waals surface area contributed by atoms with E-state index in [1.807, 2.05) is 0 Å². The van der Waals surface area contributed by atoms with Crippen molar-refractivity contribution in [1.29, 1.82) is 0 Å². The van der Waals surface area contributed by atoms with E-state index in [-0.39, 0.29) is 28.7 Å². The van der Waals surface area contributed by atoms with Crippen LogP contribution in [0.1, 0.15) is 49.9 Å². The number of nitrogens with two attached hydrogens (primary N) is 1. The van der Waals surface area contributed by atoms with Crippen molar-refractivity contribution in [3.05, 3.63) is 23.6 Å². The van der Waals surface area contributed by atoms with Gasteiger partial charge in [-0.3, -0.25) is 4.79 Å². The lowest BCUT2D eigenvalue weighted by atomic mass is 9.75. The number of carbonyl (C=O) groups excluding carboxylic acids is 1. The number of anilines is 1. The number of carbonyl (C=O) groups is 1. The lowest BCUT2D eigenvalue weighted by Crippen LogP contribution is -2.41. The van der Waals surface area contributed by atoms with Crippen molar-refractivity contribution < 1.29 is 9.18 Å². The Labute approximate surface area is 112 Å². The number of halogens is 1. The number of rotatable bonds is 2. The number of pyridine rings is 1. The largest absolute Gasteiger partial charge is 0.383 e. The van der Waals surface area contributed by atoms with E-state index in [2.05, 4.69) is 24.1 Å². The SMILES string of the molecule is CC1(C)CCCC(NC(=O)c2cc(F)cnc2N)C1. The van der Waals surface area contributed by atoms with Crippen LogP contribution in [0.4, 0.5) is 10.2 Å². The van der Waals surface area contributed by atoms with Crippen molar-refractivity contribution in [2.24, 2.45) is 5.41 Å². The number of nitrogen functional groups attached to an aromatic ring is 1. The molecule has 2 rings (SSSR count). The Morgan fingerprint density at radius 3 is 3.00 bits per heavy atom. The van der Waals surface area contributed by atoms with Gasteiger partial charge in [0, 0.05) is 6.04 Å². The molecule has 4 nitrogen and oxygen atoms in total. The molecule has 1 aliphatic rings. The quantitative estimate of drug-likeness (QED) is 0.863. The molecule has 0 spiro atoms. The van der Waals surface area contributed by atoms with Crippen LogP contribution in [-0.4, -0.2) is 16.9 Å². The van der Waals surface area contributed by atoms with Gasteiger partial charge >= 0.3 is 0 Å². The van der Waals surface area contributed by atoms with E-state index < -0.39 is 5.82 Å². The minimum absolute atomic E-state index is 0.0639. The molecule has 1 atom stereocenters. The molecule has 0 radical (unpaired) electrons. The van der Waals surface area contributed by atoms with Gasteiger partial charge in [0.2, 0.25) is 0 Å². The summed E-state index contributed by atoms with van der Waals surface area (Å²) in [5.41, 5.74) is 5.96. The van der Waals surface area contributed by atoms with Gasteiger partial charge in [-0.2, -0.15) is 0 Å². The Hall–Kier alpha value is -1.65. The van der Waals surface area contributed by atoms with Crippen LogP contribution >= 0.6 is 0 Å². The Morgan fingerprint density at radius 2 is 2.32 bits per heavy atom.